The van der Waals surface area contributed by atoms with E-state index in [9.17, 15) is 4.79 Å². The van der Waals surface area contributed by atoms with Gasteiger partial charge >= 0.3 is 0 Å². The Hall–Kier alpha value is -0.300. The maximum atomic E-state index is 12.3. The highest BCUT2D eigenvalue weighted by Crippen LogP contribution is 2.33. The maximum absolute atomic E-state index is 12.3. The van der Waals surface area contributed by atoms with Gasteiger partial charge in [-0.25, -0.2) is 0 Å². The highest BCUT2D eigenvalue weighted by Gasteiger charge is 2.15. The van der Waals surface area contributed by atoms with Crippen LogP contribution in [0, 0.1) is 10.5 Å². The molecule has 6 heteroatoms. The Morgan fingerprint density at radius 3 is 2.65 bits per heavy atom. The molecule has 0 spiro atoms. The van der Waals surface area contributed by atoms with E-state index in [0.717, 1.165) is 13.6 Å². The van der Waals surface area contributed by atoms with Gasteiger partial charge in [-0.2, -0.15) is 0 Å². The zero-order valence-corrected chi connectivity index (χ0v) is 15.6. The summed E-state index contributed by atoms with van der Waals surface area (Å²) in [6, 6.07) is 9.05. The lowest BCUT2D eigenvalue weighted by atomic mass is 10.2. The third kappa shape index (κ3) is 3.47. The summed E-state index contributed by atoms with van der Waals surface area (Å²) in [5.74, 6) is -0.259. The molecule has 0 aliphatic carbocycles. The van der Waals surface area contributed by atoms with Crippen LogP contribution < -0.4 is 5.32 Å². The predicted octanol–water partition coefficient (Wildman–Crippen LogP) is 5.92. The largest absolute Gasteiger partial charge is 0.319 e. The van der Waals surface area contributed by atoms with Crippen LogP contribution in [0.5, 0.6) is 0 Å². The summed E-state index contributed by atoms with van der Waals surface area (Å²) in [4.78, 5) is 12.3. The molecule has 20 heavy (non-hydrogen) atoms. The molecule has 0 bridgehead atoms. The van der Waals surface area contributed by atoms with Gasteiger partial charge in [0.05, 0.1) is 21.3 Å². The molecule has 1 N–H and O–H groups in total. The van der Waals surface area contributed by atoms with E-state index in [4.69, 9.17) is 23.2 Å². The number of amides is 1. The number of hydrogen-bond acceptors (Lipinski definition) is 1. The molecule has 0 aromatic heterocycles. The van der Waals surface area contributed by atoms with Crippen LogP contribution in [0.1, 0.15) is 15.9 Å². The Morgan fingerprint density at radius 1 is 1.25 bits per heavy atom. The molecule has 104 valence electrons. The van der Waals surface area contributed by atoms with E-state index in [0.29, 0.717) is 21.3 Å². The number of rotatable bonds is 2. The minimum Gasteiger partial charge on any atom is -0.319 e. The quantitative estimate of drug-likeness (QED) is 0.527. The zero-order valence-electron chi connectivity index (χ0n) is 10.3. The normalized spacial score (nSPS) is 10.4. The summed E-state index contributed by atoms with van der Waals surface area (Å²) in [5, 5.41) is 3.63. The minimum absolute atomic E-state index is 0.259. The number of anilines is 1. The molecule has 0 atom stereocenters. The fourth-order valence-corrected chi connectivity index (χ4v) is 3.01. The molecule has 0 fully saturated rings. The van der Waals surface area contributed by atoms with Gasteiger partial charge in [0.1, 0.15) is 0 Å². The van der Waals surface area contributed by atoms with Gasteiger partial charge in [0.2, 0.25) is 0 Å². The first kappa shape index (κ1) is 16.1. The van der Waals surface area contributed by atoms with Gasteiger partial charge in [0.25, 0.3) is 5.91 Å². The van der Waals surface area contributed by atoms with Gasteiger partial charge < -0.3 is 5.32 Å². The van der Waals surface area contributed by atoms with Crippen LogP contribution in [-0.2, 0) is 0 Å². The summed E-state index contributed by atoms with van der Waals surface area (Å²) in [5.41, 5.74) is 1.82. The fourth-order valence-electron chi connectivity index (χ4n) is 1.62. The summed E-state index contributed by atoms with van der Waals surface area (Å²) in [6.45, 7) is 1.86. The third-order valence-corrected chi connectivity index (χ3v) is 4.86. The Kier molecular flexibility index (Phi) is 5.34. The first-order valence-corrected chi connectivity index (χ1v) is 8.24. The molecule has 0 unspecified atom stereocenters. The monoisotopic (exact) mass is 483 g/mol. The minimum atomic E-state index is -0.259. The molecule has 0 aliphatic heterocycles. The number of hydrogen-bond donors (Lipinski definition) is 1. The second-order valence-electron chi connectivity index (χ2n) is 4.13. The average molecular weight is 485 g/mol. The number of carbonyl (C=O) groups is 1. The molecule has 0 saturated carbocycles. The van der Waals surface area contributed by atoms with E-state index in [1.807, 2.05) is 25.1 Å². The van der Waals surface area contributed by atoms with E-state index in [1.54, 1.807) is 12.1 Å². The van der Waals surface area contributed by atoms with E-state index in [2.05, 4.69) is 43.8 Å². The molecule has 0 heterocycles. The van der Waals surface area contributed by atoms with E-state index >= 15 is 0 Å². The summed E-state index contributed by atoms with van der Waals surface area (Å²) in [7, 11) is 0. The fraction of sp³-hybridized carbons (Fsp3) is 0.0714. The number of benzene rings is 2. The molecule has 0 radical (unpaired) electrons. The smallest absolute Gasteiger partial charge is 0.256 e. The van der Waals surface area contributed by atoms with Crippen molar-refractivity contribution in [1.82, 2.24) is 0 Å². The first-order valence-electron chi connectivity index (χ1n) is 5.61. The highest BCUT2D eigenvalue weighted by molar-refractivity contribution is 14.1. The van der Waals surface area contributed by atoms with Crippen molar-refractivity contribution in [3.8, 4) is 0 Å². The number of halogens is 4. The van der Waals surface area contributed by atoms with Crippen molar-refractivity contribution in [3.63, 3.8) is 0 Å². The molecule has 2 nitrogen and oxygen atoms in total. The van der Waals surface area contributed by atoms with E-state index in [1.165, 1.54) is 0 Å². The van der Waals surface area contributed by atoms with Gasteiger partial charge in [-0.3, -0.25) is 4.79 Å². The van der Waals surface area contributed by atoms with Gasteiger partial charge in [-0.15, -0.1) is 0 Å². The molecule has 0 aliphatic rings. The molecule has 1 amide bonds. The van der Waals surface area contributed by atoms with Gasteiger partial charge in [-0.1, -0.05) is 29.3 Å². The van der Waals surface area contributed by atoms with Crippen molar-refractivity contribution < 1.29 is 4.79 Å². The zero-order chi connectivity index (χ0) is 14.9. The predicted molar refractivity (Wildman–Crippen MR) is 96.0 cm³/mol. The second-order valence-corrected chi connectivity index (χ2v) is 7.02. The van der Waals surface area contributed by atoms with Crippen molar-refractivity contribution >= 4 is 73.3 Å². The average Bonchev–Trinajstić information content (AvgIpc) is 2.41. The van der Waals surface area contributed by atoms with Crippen molar-refractivity contribution in [2.45, 2.75) is 6.92 Å². The van der Waals surface area contributed by atoms with Crippen LogP contribution in [-0.4, -0.2) is 5.91 Å². The van der Waals surface area contributed by atoms with Crippen molar-refractivity contribution in [3.05, 3.63) is 59.5 Å². The Bertz CT molecular complexity index is 691. The summed E-state index contributed by atoms with van der Waals surface area (Å²) >= 11 is 17.8. The Balaban J connectivity index is 2.38. The van der Waals surface area contributed by atoms with Crippen LogP contribution in [0.25, 0.3) is 0 Å². The summed E-state index contributed by atoms with van der Waals surface area (Å²) < 4.78 is 1.69. The van der Waals surface area contributed by atoms with E-state index in [-0.39, 0.29) is 5.91 Å². The van der Waals surface area contributed by atoms with Crippen molar-refractivity contribution in [1.29, 1.82) is 0 Å². The van der Waals surface area contributed by atoms with Crippen LogP contribution in [0.2, 0.25) is 10.0 Å². The van der Waals surface area contributed by atoms with Crippen LogP contribution in [0.15, 0.2) is 34.8 Å². The number of nitrogens with one attached hydrogen (secondary N) is 1. The SMILES string of the molecule is Cc1ccc(Cl)c(NC(=O)c2cc(I)ccc2Br)c1Cl. The van der Waals surface area contributed by atoms with Gasteiger partial charge in [0, 0.05) is 8.04 Å². The second kappa shape index (κ2) is 6.64. The van der Waals surface area contributed by atoms with Crippen molar-refractivity contribution in [2.24, 2.45) is 0 Å². The van der Waals surface area contributed by atoms with Gasteiger partial charge in [0.15, 0.2) is 0 Å². The highest BCUT2D eigenvalue weighted by atomic mass is 127. The van der Waals surface area contributed by atoms with Crippen LogP contribution in [0.3, 0.4) is 0 Å². The van der Waals surface area contributed by atoms with Crippen LogP contribution >= 0.6 is 61.7 Å². The lowest BCUT2D eigenvalue weighted by Crippen LogP contribution is -2.13. The molecule has 2 aromatic rings. The molecular weight excluding hydrogens is 476 g/mol. The lowest BCUT2D eigenvalue weighted by molar-refractivity contribution is 0.102. The third-order valence-electron chi connectivity index (χ3n) is 2.70. The van der Waals surface area contributed by atoms with Gasteiger partial charge in [-0.05, 0) is 75.3 Å². The Morgan fingerprint density at radius 2 is 1.95 bits per heavy atom. The molecule has 0 saturated heterocycles. The number of aryl methyl sites for hydroxylation is 1. The summed E-state index contributed by atoms with van der Waals surface area (Å²) in [6.07, 6.45) is 0. The standard InChI is InChI=1S/C14H9BrCl2INO/c1-7-2-5-11(16)13(12(7)17)19-14(20)9-6-8(18)3-4-10(9)15/h2-6H,1H3,(H,19,20). The topological polar surface area (TPSA) is 29.1 Å². The molecule has 2 rings (SSSR count). The van der Waals surface area contributed by atoms with E-state index < -0.39 is 0 Å². The number of carbonyl (C=O) groups excluding carboxylic acids is 1. The van der Waals surface area contributed by atoms with Crippen molar-refractivity contribution in [2.75, 3.05) is 5.32 Å². The molecular formula is C14H9BrCl2INO. The first-order chi connectivity index (χ1) is 9.40. The lowest BCUT2D eigenvalue weighted by Gasteiger charge is -2.12. The Labute approximate surface area is 149 Å². The maximum Gasteiger partial charge on any atom is 0.256 e. The molecule has 2 aromatic carbocycles. The van der Waals surface area contributed by atoms with Crippen LogP contribution in [0.4, 0.5) is 5.69 Å².